The lowest BCUT2D eigenvalue weighted by Crippen LogP contribution is -2.35. The summed E-state index contributed by atoms with van der Waals surface area (Å²) in [4.78, 5) is 11.7. The lowest BCUT2D eigenvalue weighted by Gasteiger charge is -2.30. The van der Waals surface area contributed by atoms with E-state index in [9.17, 15) is 13.2 Å². The normalized spacial score (nSPS) is 14.2. The topological polar surface area (TPSA) is 63.7 Å². The fraction of sp³-hybridized carbons (Fsp3) is 0.278. The van der Waals surface area contributed by atoms with Gasteiger partial charge in [0.15, 0.2) is 0 Å². The van der Waals surface area contributed by atoms with E-state index in [0.29, 0.717) is 12.1 Å². The molecule has 0 spiro atoms. The average Bonchev–Trinajstić information content (AvgIpc) is 2.60. The first-order chi connectivity index (χ1) is 11.4. The first-order valence-corrected chi connectivity index (χ1v) is 9.18. The first kappa shape index (κ1) is 16.5. The molecular formula is C18H19NO4S. The summed E-state index contributed by atoms with van der Waals surface area (Å²) in [6.07, 6.45) is 1.67. The zero-order valence-corrected chi connectivity index (χ0v) is 14.5. The minimum atomic E-state index is -3.66. The van der Waals surface area contributed by atoms with Gasteiger partial charge >= 0.3 is 5.97 Å². The SMILES string of the molecule is COC(=O)c1ccc(S(=O)(=O)N2CCCc3cc(C)ccc32)cc1. The van der Waals surface area contributed by atoms with Gasteiger partial charge in [0.2, 0.25) is 0 Å². The van der Waals surface area contributed by atoms with Crippen molar-refractivity contribution in [2.24, 2.45) is 0 Å². The molecule has 2 aromatic rings. The zero-order valence-electron chi connectivity index (χ0n) is 13.7. The number of fused-ring (bicyclic) bond motifs is 1. The lowest BCUT2D eigenvalue weighted by atomic mass is 10.0. The van der Waals surface area contributed by atoms with Crippen molar-refractivity contribution in [1.29, 1.82) is 0 Å². The molecule has 1 aliphatic rings. The molecule has 0 radical (unpaired) electrons. The summed E-state index contributed by atoms with van der Waals surface area (Å²) in [5, 5.41) is 0. The highest BCUT2D eigenvalue weighted by Gasteiger charge is 2.29. The standard InChI is InChI=1S/C18H19NO4S/c1-13-5-10-17-15(12-13)4-3-11-19(17)24(21,22)16-8-6-14(7-9-16)18(20)23-2/h5-10,12H,3-4,11H2,1-2H3. The minimum absolute atomic E-state index is 0.170. The molecule has 0 saturated carbocycles. The fourth-order valence-corrected chi connectivity index (χ4v) is 4.49. The maximum absolute atomic E-state index is 13.0. The molecule has 126 valence electrons. The summed E-state index contributed by atoms with van der Waals surface area (Å²) >= 11 is 0. The molecular weight excluding hydrogens is 326 g/mol. The summed E-state index contributed by atoms with van der Waals surface area (Å²) in [7, 11) is -2.36. The Morgan fingerprint density at radius 2 is 1.83 bits per heavy atom. The second kappa shape index (κ2) is 6.28. The van der Waals surface area contributed by atoms with Crippen LogP contribution < -0.4 is 4.31 Å². The van der Waals surface area contributed by atoms with Gasteiger partial charge in [-0.2, -0.15) is 0 Å². The Bertz CT molecular complexity index is 872. The van der Waals surface area contributed by atoms with E-state index in [0.717, 1.165) is 29.7 Å². The van der Waals surface area contributed by atoms with Gasteiger partial charge in [-0.1, -0.05) is 17.7 Å². The van der Waals surface area contributed by atoms with Gasteiger partial charge in [-0.15, -0.1) is 0 Å². The molecule has 0 aromatic heterocycles. The van der Waals surface area contributed by atoms with Crippen molar-refractivity contribution < 1.29 is 17.9 Å². The number of anilines is 1. The molecule has 0 bridgehead atoms. The number of hydrogen-bond donors (Lipinski definition) is 0. The number of carbonyl (C=O) groups excluding carboxylic acids is 1. The van der Waals surface area contributed by atoms with Crippen molar-refractivity contribution in [3.8, 4) is 0 Å². The molecule has 0 amide bonds. The smallest absolute Gasteiger partial charge is 0.337 e. The fourth-order valence-electron chi connectivity index (χ4n) is 2.95. The van der Waals surface area contributed by atoms with Crippen LogP contribution in [0.1, 0.15) is 27.9 Å². The number of carbonyl (C=O) groups is 1. The summed E-state index contributed by atoms with van der Waals surface area (Å²) < 4.78 is 32.1. The van der Waals surface area contributed by atoms with Crippen LogP contribution in [0.3, 0.4) is 0 Å². The van der Waals surface area contributed by atoms with Crippen LogP contribution in [-0.2, 0) is 21.2 Å². The molecule has 0 N–H and O–H groups in total. The number of hydrogen-bond acceptors (Lipinski definition) is 4. The molecule has 0 fully saturated rings. The van der Waals surface area contributed by atoms with Crippen LogP contribution >= 0.6 is 0 Å². The summed E-state index contributed by atoms with van der Waals surface area (Å²) in [6.45, 7) is 2.45. The second-order valence-corrected chi connectivity index (χ2v) is 7.69. The molecule has 1 aliphatic heterocycles. The van der Waals surface area contributed by atoms with Gasteiger partial charge in [-0.05, 0) is 55.7 Å². The Balaban J connectivity index is 1.99. The van der Waals surface area contributed by atoms with E-state index >= 15 is 0 Å². The number of esters is 1. The molecule has 3 rings (SSSR count). The molecule has 1 heterocycles. The van der Waals surface area contributed by atoms with Gasteiger partial charge in [-0.3, -0.25) is 4.31 Å². The second-order valence-electron chi connectivity index (χ2n) is 5.83. The number of methoxy groups -OCH3 is 1. The first-order valence-electron chi connectivity index (χ1n) is 7.74. The van der Waals surface area contributed by atoms with E-state index in [1.165, 1.54) is 35.7 Å². The highest BCUT2D eigenvalue weighted by atomic mass is 32.2. The Morgan fingerprint density at radius 1 is 1.12 bits per heavy atom. The number of nitrogens with zero attached hydrogens (tertiary/aromatic N) is 1. The van der Waals surface area contributed by atoms with E-state index in [1.807, 2.05) is 25.1 Å². The number of ether oxygens (including phenoxy) is 1. The van der Waals surface area contributed by atoms with Gasteiger partial charge in [0.05, 0.1) is 23.3 Å². The predicted octanol–water partition coefficient (Wildman–Crippen LogP) is 2.92. The van der Waals surface area contributed by atoms with Crippen LogP contribution in [0.25, 0.3) is 0 Å². The van der Waals surface area contributed by atoms with Crippen molar-refractivity contribution in [1.82, 2.24) is 0 Å². The summed E-state index contributed by atoms with van der Waals surface area (Å²) in [5.74, 6) is -0.488. The molecule has 24 heavy (non-hydrogen) atoms. The molecule has 0 atom stereocenters. The maximum atomic E-state index is 13.0. The monoisotopic (exact) mass is 345 g/mol. The lowest BCUT2D eigenvalue weighted by molar-refractivity contribution is 0.0600. The van der Waals surface area contributed by atoms with Gasteiger partial charge in [0, 0.05) is 6.54 Å². The molecule has 0 unspecified atom stereocenters. The zero-order chi connectivity index (χ0) is 17.3. The Hall–Kier alpha value is -2.34. The van der Waals surface area contributed by atoms with Crippen LogP contribution in [-0.4, -0.2) is 28.0 Å². The molecule has 6 heteroatoms. The largest absolute Gasteiger partial charge is 0.465 e. The van der Waals surface area contributed by atoms with Crippen LogP contribution in [0.15, 0.2) is 47.4 Å². The van der Waals surface area contributed by atoms with Gasteiger partial charge in [0.25, 0.3) is 10.0 Å². The molecule has 0 aliphatic carbocycles. The molecule has 5 nitrogen and oxygen atoms in total. The van der Waals surface area contributed by atoms with Crippen LogP contribution in [0, 0.1) is 6.92 Å². The Morgan fingerprint density at radius 3 is 2.50 bits per heavy atom. The third-order valence-electron chi connectivity index (χ3n) is 4.17. The quantitative estimate of drug-likeness (QED) is 0.803. The third kappa shape index (κ3) is 2.89. The minimum Gasteiger partial charge on any atom is -0.465 e. The summed E-state index contributed by atoms with van der Waals surface area (Å²) in [5.41, 5.74) is 3.24. The van der Waals surface area contributed by atoms with Crippen LogP contribution in [0.5, 0.6) is 0 Å². The maximum Gasteiger partial charge on any atom is 0.337 e. The Kier molecular flexibility index (Phi) is 4.32. The van der Waals surface area contributed by atoms with Crippen molar-refractivity contribution in [3.63, 3.8) is 0 Å². The average molecular weight is 345 g/mol. The summed E-state index contributed by atoms with van der Waals surface area (Å²) in [6, 6.07) is 11.7. The molecule has 2 aromatic carbocycles. The van der Waals surface area contributed by atoms with E-state index < -0.39 is 16.0 Å². The Labute approximate surface area is 141 Å². The van der Waals surface area contributed by atoms with Crippen molar-refractivity contribution in [2.45, 2.75) is 24.7 Å². The highest BCUT2D eigenvalue weighted by molar-refractivity contribution is 7.92. The van der Waals surface area contributed by atoms with E-state index in [1.54, 1.807) is 0 Å². The predicted molar refractivity (Wildman–Crippen MR) is 91.8 cm³/mol. The van der Waals surface area contributed by atoms with E-state index in [2.05, 4.69) is 4.74 Å². The van der Waals surface area contributed by atoms with Crippen molar-refractivity contribution in [2.75, 3.05) is 18.0 Å². The number of aryl methyl sites for hydroxylation is 2. The number of rotatable bonds is 3. The number of benzene rings is 2. The van der Waals surface area contributed by atoms with E-state index in [-0.39, 0.29) is 4.90 Å². The number of sulfonamides is 1. The van der Waals surface area contributed by atoms with Crippen LogP contribution in [0.4, 0.5) is 5.69 Å². The third-order valence-corrected chi connectivity index (χ3v) is 6.00. The van der Waals surface area contributed by atoms with Gasteiger partial charge in [0.1, 0.15) is 0 Å². The van der Waals surface area contributed by atoms with E-state index in [4.69, 9.17) is 0 Å². The van der Waals surface area contributed by atoms with Crippen molar-refractivity contribution in [3.05, 3.63) is 59.2 Å². The van der Waals surface area contributed by atoms with Crippen molar-refractivity contribution >= 4 is 21.7 Å². The molecule has 0 saturated heterocycles. The van der Waals surface area contributed by atoms with Gasteiger partial charge < -0.3 is 4.74 Å². The van der Waals surface area contributed by atoms with Crippen LogP contribution in [0.2, 0.25) is 0 Å². The van der Waals surface area contributed by atoms with Gasteiger partial charge in [-0.25, -0.2) is 13.2 Å². The highest BCUT2D eigenvalue weighted by Crippen LogP contribution is 2.32.